The third kappa shape index (κ3) is 13.9. The maximum atomic E-state index is 10.0. The van der Waals surface area contributed by atoms with Gasteiger partial charge >= 0.3 is 0 Å². The van der Waals surface area contributed by atoms with Crippen molar-refractivity contribution in [2.75, 3.05) is 7.18 Å². The molecule has 1 aliphatic rings. The van der Waals surface area contributed by atoms with Crippen LogP contribution in [0.25, 0.3) is 10.8 Å². The van der Waals surface area contributed by atoms with E-state index in [-0.39, 0.29) is 28.0 Å². The van der Waals surface area contributed by atoms with Crippen LogP contribution in [-0.2, 0) is 21.3 Å². The molecule has 0 atom stereocenters. The molecule has 0 saturated carbocycles. The van der Waals surface area contributed by atoms with Gasteiger partial charge in [0.1, 0.15) is 7.85 Å². The predicted octanol–water partition coefficient (Wildman–Crippen LogP) is 11.7. The third-order valence-electron chi connectivity index (χ3n) is 7.57. The Hall–Kier alpha value is -4.88. The van der Waals surface area contributed by atoms with E-state index in [1.165, 1.54) is 75.2 Å². The molecule has 6 rings (SSSR count). The molecule has 5 aromatic carbocycles. The molecule has 0 aromatic heterocycles. The van der Waals surface area contributed by atoms with Gasteiger partial charge in [-0.2, -0.15) is 0 Å². The van der Waals surface area contributed by atoms with Crippen LogP contribution in [0.15, 0.2) is 113 Å². The molecular weight excluding hydrogens is 729 g/mol. The molecule has 11 heteroatoms. The number of alkyl halides is 1. The predicted molar refractivity (Wildman–Crippen MR) is 208 cm³/mol. The second kappa shape index (κ2) is 24.4. The molecule has 1 aliphatic carbocycles. The van der Waals surface area contributed by atoms with Crippen molar-refractivity contribution in [1.29, 1.82) is 0 Å². The van der Waals surface area contributed by atoms with Gasteiger partial charge in [0.15, 0.2) is 5.78 Å². The van der Waals surface area contributed by atoms with E-state index >= 15 is 0 Å². The monoisotopic (exact) mass is 772 g/mol. The number of benzene rings is 5. The topological polar surface area (TPSA) is 62.0 Å². The second-order valence-electron chi connectivity index (χ2n) is 11.9. The first kappa shape index (κ1) is 48.1. The minimum absolute atomic E-state index is 0. The Morgan fingerprint density at radius 1 is 0.623 bits per heavy atom. The van der Waals surface area contributed by atoms with Crippen molar-refractivity contribution in [3.8, 4) is 0 Å². The van der Waals surface area contributed by atoms with Crippen molar-refractivity contribution in [2.45, 2.75) is 55.4 Å². The number of carbonyl (C=O) groups excluding carboxylic acids is 1. The van der Waals surface area contributed by atoms with Crippen molar-refractivity contribution in [3.05, 3.63) is 147 Å². The molecule has 0 heterocycles. The first-order valence-electron chi connectivity index (χ1n) is 16.1. The molecule has 0 saturated heterocycles. The second-order valence-corrected chi connectivity index (χ2v) is 11.9. The number of carbonyl (C=O) groups is 1. The minimum atomic E-state index is -0.125. The summed E-state index contributed by atoms with van der Waals surface area (Å²) in [5.74, 6) is -0.0625. The van der Waals surface area contributed by atoms with Crippen LogP contribution >= 0.6 is 0 Å². The quantitative estimate of drug-likeness (QED) is 0.0859. The van der Waals surface area contributed by atoms with Crippen molar-refractivity contribution >= 4 is 52.7 Å². The number of hydrogen-bond acceptors (Lipinski definition) is 4. The van der Waals surface area contributed by atoms with E-state index in [0.717, 1.165) is 28.3 Å². The number of rotatable bonds is 3. The van der Waals surface area contributed by atoms with Crippen LogP contribution in [0.4, 0.5) is 34.1 Å². The van der Waals surface area contributed by atoms with Gasteiger partial charge in [-0.3, -0.25) is 9.18 Å². The van der Waals surface area contributed by atoms with Crippen molar-refractivity contribution in [2.24, 2.45) is 9.98 Å². The summed E-state index contributed by atoms with van der Waals surface area (Å²) < 4.78 is 41.5. The number of nitrogens with zero attached hydrogens (tertiary/aromatic N) is 2. The summed E-state index contributed by atoms with van der Waals surface area (Å²) in [4.78, 5) is 20.6. The Balaban J connectivity index is 0.00000107. The van der Waals surface area contributed by atoms with Gasteiger partial charge in [-0.1, -0.05) is 108 Å². The number of aryl methyl sites for hydroxylation is 6. The van der Waals surface area contributed by atoms with Crippen LogP contribution < -0.4 is 5.46 Å². The van der Waals surface area contributed by atoms with Crippen LogP contribution in [0.3, 0.4) is 0 Å². The number of ketones is 1. The molecule has 4 nitrogen and oxygen atoms in total. The third-order valence-corrected chi connectivity index (χ3v) is 7.57. The first-order valence-corrected chi connectivity index (χ1v) is 16.1. The van der Waals surface area contributed by atoms with Crippen molar-refractivity contribution in [1.82, 2.24) is 0 Å². The molecule has 0 bridgehead atoms. The van der Waals surface area contributed by atoms with Crippen molar-refractivity contribution < 1.29 is 49.1 Å². The summed E-state index contributed by atoms with van der Waals surface area (Å²) in [5, 5.41) is 10.8. The normalized spacial score (nSPS) is 12.2. The van der Waals surface area contributed by atoms with E-state index in [9.17, 15) is 9.18 Å². The zero-order chi connectivity index (χ0) is 39.5. The van der Waals surface area contributed by atoms with Gasteiger partial charge in [-0.25, -0.2) is 9.98 Å². The smallest absolute Gasteiger partial charge is 0.155 e. The maximum Gasteiger partial charge on any atom is 0.155 e. The fourth-order valence-corrected chi connectivity index (χ4v) is 5.89. The van der Waals surface area contributed by atoms with Gasteiger partial charge in [0, 0.05) is 57.4 Å². The molecule has 53 heavy (non-hydrogen) atoms. The molecule has 0 fully saturated rings. The fraction of sp³-hybridized carbons (Fsp3) is 0.214. The summed E-state index contributed by atoms with van der Waals surface area (Å²) in [6.07, 6.45) is 1.17. The van der Waals surface area contributed by atoms with Gasteiger partial charge in [0.2, 0.25) is 0 Å². The van der Waals surface area contributed by atoms with Crippen LogP contribution in [0.2, 0.25) is 0 Å². The summed E-state index contributed by atoms with van der Waals surface area (Å²) in [6, 6.07) is 31.3. The Morgan fingerprint density at radius 2 is 0.981 bits per heavy atom. The fourth-order valence-electron chi connectivity index (χ4n) is 5.89. The molecule has 2 radical (unpaired) electrons. The molecule has 0 unspecified atom stereocenters. The minimum Gasteiger partial charge on any atom is -0.512 e. The van der Waals surface area contributed by atoms with E-state index in [4.69, 9.17) is 41.2 Å². The number of allylic oxidation sites excluding steroid dienone is 2. The van der Waals surface area contributed by atoms with Gasteiger partial charge in [0.05, 0.1) is 35.7 Å². The zero-order valence-corrected chi connectivity index (χ0v) is 32.3. The van der Waals surface area contributed by atoms with Gasteiger partial charge in [-0.05, 0) is 83.0 Å². The van der Waals surface area contributed by atoms with E-state index < -0.39 is 0 Å². The number of aliphatic hydroxyl groups is 1. The molecule has 0 amide bonds. The summed E-state index contributed by atoms with van der Waals surface area (Å²) >= 11 is 0. The van der Waals surface area contributed by atoms with Crippen molar-refractivity contribution in [3.63, 3.8) is 0 Å². The van der Waals surface area contributed by atoms with Crippen LogP contribution in [0.5, 0.6) is 0 Å². The average Bonchev–Trinajstić information content (AvgIpc) is 3.40. The number of aliphatic hydroxyl groups excluding tert-OH is 1. The Labute approximate surface area is 320 Å². The average molecular weight is 773 g/mol. The van der Waals surface area contributed by atoms with Crippen LogP contribution in [-0.4, -0.2) is 37.3 Å². The molecule has 5 aromatic rings. The van der Waals surface area contributed by atoms with E-state index in [0.29, 0.717) is 7.18 Å². The Kier molecular flexibility index (Phi) is 22.1. The largest absolute Gasteiger partial charge is 0.512 e. The Bertz CT molecular complexity index is 1880. The summed E-state index contributed by atoms with van der Waals surface area (Å²) in [7, 11) is 5.86. The number of halogens is 5. The van der Waals surface area contributed by atoms with Crippen LogP contribution in [0, 0.1) is 41.5 Å². The molecule has 282 valence electrons. The zero-order valence-electron chi connectivity index (χ0n) is 31.3. The van der Waals surface area contributed by atoms with Gasteiger partial charge in [-0.15, -0.1) is 0 Å². The van der Waals surface area contributed by atoms with Gasteiger partial charge < -0.3 is 5.11 Å². The number of hydrogen-bond donors (Lipinski definition) is 1. The first-order chi connectivity index (χ1) is 24.8. The van der Waals surface area contributed by atoms with Crippen LogP contribution in [0.1, 0.15) is 58.4 Å². The summed E-state index contributed by atoms with van der Waals surface area (Å²) in [6.45, 7) is 15.7. The number of aliphatic imine (C=N–C) groups is 2. The maximum absolute atomic E-state index is 10.0. The van der Waals surface area contributed by atoms with E-state index in [1.807, 2.05) is 30.3 Å². The molecule has 1 N–H and O–H groups in total. The molecule has 0 aliphatic heterocycles. The van der Waals surface area contributed by atoms with E-state index in [2.05, 4.69) is 102 Å². The van der Waals surface area contributed by atoms with Gasteiger partial charge in [0.25, 0.3) is 0 Å². The molecular formula is C42H44BF5N2NiO2. The standard InChI is InChI=1S/C30H28N2.C6H5B.C5H8O2.CH3F.2F2.Ni/c1-17-13-19(3)27(20(4)14-17)31-29-24-11-7-9-23-10-8-12-25(26(23)24)30(29)32-28-21(5)15-18(2)16-22(28)6;7-6-4-2-1-3-5-6;1-4(6)3-5(2)7;3*1-2;/h7-16H,1-6H3;1-5H;3,6H,1-2H3;1H3;;;. The summed E-state index contributed by atoms with van der Waals surface area (Å²) in [5.41, 5.74) is 14.5. The SMILES string of the molecule is CC(=O)C=C(C)O.CF.Cc1cc(C)c(N=C2C(=Nc3c(C)cc(C)cc3C)c3cccc4cccc2c34)c(C)c1.FF.FF.[B]c1ccccc1.[Ni]. The molecule has 0 spiro atoms. The van der Waals surface area contributed by atoms with E-state index in [1.54, 1.807) is 0 Å². The Morgan fingerprint density at radius 3 is 1.25 bits per heavy atom.